The first-order chi connectivity index (χ1) is 21.8. The average Bonchev–Trinajstić information content (AvgIpc) is 3.26. The van der Waals surface area contributed by atoms with E-state index in [1.807, 2.05) is 0 Å². The Balaban J connectivity index is 1.14. The normalized spacial score (nSPS) is 41.0. The van der Waals surface area contributed by atoms with Crippen molar-refractivity contribution in [2.45, 2.75) is 47.5 Å². The first-order valence-electron chi connectivity index (χ1n) is 13.8. The van der Waals surface area contributed by atoms with Crippen LogP contribution >= 0.6 is 26.3 Å². The maximum atomic E-state index is 13.5. The van der Waals surface area contributed by atoms with Crippen LogP contribution in [0.4, 0.5) is 11.8 Å². The van der Waals surface area contributed by atoms with E-state index in [9.17, 15) is 29.4 Å². The minimum Gasteiger partial charge on any atom is -0.389 e. The van der Waals surface area contributed by atoms with Gasteiger partial charge in [-0.05, 0) is 24.1 Å². The van der Waals surface area contributed by atoms with E-state index in [1.54, 1.807) is 4.57 Å². The third-order valence-electron chi connectivity index (χ3n) is 8.96. The lowest BCUT2D eigenvalue weighted by molar-refractivity contribution is -0.0259. The van der Waals surface area contributed by atoms with Crippen molar-refractivity contribution in [1.82, 2.24) is 39.0 Å². The number of phosphoric ester groups is 1. The Hall–Kier alpha value is -2.59. The molecule has 3 unspecified atom stereocenters. The van der Waals surface area contributed by atoms with E-state index in [0.29, 0.717) is 17.6 Å². The molecule has 0 amide bonds. The molecule has 246 valence electrons. The summed E-state index contributed by atoms with van der Waals surface area (Å²) in [5, 5.41) is 20.9. The number of aliphatic hydroxyl groups excluding tert-OH is 2. The van der Waals surface area contributed by atoms with Gasteiger partial charge in [0.05, 0.1) is 43.3 Å². The fourth-order valence-electron chi connectivity index (χ4n) is 6.81. The molecule has 2 aliphatic heterocycles. The molecule has 2 aliphatic carbocycles. The van der Waals surface area contributed by atoms with Gasteiger partial charge < -0.3 is 45.1 Å². The molecule has 4 aromatic rings. The SMILES string of the molecule is Nc1nc2c(ncn2[C@@H]2S[C@@H]3COP(O)(=S)O[C@H]4[C@@H](O)[C@H](n5cnc6c(N)ncnc65)C5C[C@]54COP(=O)(O)O[C@@H]2[C@@H]3O)c(=O)[nH]1. The van der Waals surface area contributed by atoms with Gasteiger partial charge in [0.1, 0.15) is 35.5 Å². The van der Waals surface area contributed by atoms with Crippen LogP contribution in [0.5, 0.6) is 0 Å². The minimum absolute atomic E-state index is 0.0409. The van der Waals surface area contributed by atoms with Crippen molar-refractivity contribution >= 4 is 72.2 Å². The van der Waals surface area contributed by atoms with Gasteiger partial charge in [-0.2, -0.15) is 4.98 Å². The molecule has 4 aromatic heterocycles. The summed E-state index contributed by atoms with van der Waals surface area (Å²) < 4.78 is 39.3. The van der Waals surface area contributed by atoms with E-state index >= 15 is 0 Å². The fraction of sp³-hybridized carbons (Fsp3) is 0.545. The number of imidazole rings is 2. The van der Waals surface area contributed by atoms with Crippen molar-refractivity contribution in [1.29, 1.82) is 0 Å². The second-order valence-electron chi connectivity index (χ2n) is 11.5. The number of phosphoric acid groups is 1. The third-order valence-corrected chi connectivity index (χ3v) is 13.0. The molecular formula is C22H26N10O10P2S2. The monoisotopic (exact) mass is 716 g/mol. The first kappa shape index (κ1) is 30.7. The van der Waals surface area contributed by atoms with E-state index in [4.69, 9.17) is 41.4 Å². The van der Waals surface area contributed by atoms with Crippen molar-refractivity contribution in [3.8, 4) is 0 Å². The zero-order chi connectivity index (χ0) is 32.3. The van der Waals surface area contributed by atoms with Crippen LogP contribution in [0, 0.1) is 11.3 Å². The zero-order valence-electron chi connectivity index (χ0n) is 23.2. The number of anilines is 2. The van der Waals surface area contributed by atoms with Crippen molar-refractivity contribution < 1.29 is 42.7 Å². The number of thioether (sulfide) groups is 1. The molecule has 0 radical (unpaired) electrons. The van der Waals surface area contributed by atoms with Crippen LogP contribution in [-0.4, -0.2) is 102 Å². The summed E-state index contributed by atoms with van der Waals surface area (Å²) in [7, 11) is -4.93. The lowest BCUT2D eigenvalue weighted by atomic mass is 10.0. The molecule has 4 aliphatic rings. The third kappa shape index (κ3) is 4.74. The molecule has 11 atom stereocenters. The Morgan fingerprint density at radius 3 is 2.61 bits per heavy atom. The van der Waals surface area contributed by atoms with Gasteiger partial charge in [0.15, 0.2) is 22.6 Å². The first-order valence-corrected chi connectivity index (χ1v) is 18.8. The number of nitrogens with two attached hydrogens (primary N) is 2. The van der Waals surface area contributed by atoms with E-state index in [1.165, 1.54) is 23.5 Å². The molecule has 2 saturated heterocycles. The smallest absolute Gasteiger partial charge is 0.389 e. The van der Waals surface area contributed by atoms with Gasteiger partial charge in [0.2, 0.25) is 5.95 Å². The van der Waals surface area contributed by atoms with Crippen LogP contribution in [0.25, 0.3) is 22.3 Å². The van der Waals surface area contributed by atoms with Crippen molar-refractivity contribution in [2.24, 2.45) is 11.3 Å². The number of nitrogens with zero attached hydrogens (tertiary/aromatic N) is 7. The number of hydrogen-bond donors (Lipinski definition) is 7. The second-order valence-corrected chi connectivity index (χ2v) is 17.1. The van der Waals surface area contributed by atoms with Gasteiger partial charge in [-0.25, -0.2) is 24.5 Å². The highest BCUT2D eigenvalue weighted by molar-refractivity contribution is 8.07. The zero-order valence-corrected chi connectivity index (χ0v) is 26.6. The highest BCUT2D eigenvalue weighted by atomic mass is 32.5. The molecule has 4 fully saturated rings. The highest BCUT2D eigenvalue weighted by Gasteiger charge is 2.74. The fourth-order valence-corrected chi connectivity index (χ4v) is 11.0. The molecule has 46 heavy (non-hydrogen) atoms. The number of nitrogen functional groups attached to an aromatic ring is 2. The summed E-state index contributed by atoms with van der Waals surface area (Å²) in [4.78, 5) is 57.6. The molecule has 9 N–H and O–H groups in total. The number of H-pyrrole nitrogens is 1. The van der Waals surface area contributed by atoms with Gasteiger partial charge in [-0.3, -0.25) is 23.4 Å². The van der Waals surface area contributed by atoms with Gasteiger partial charge in [-0.15, -0.1) is 11.8 Å². The van der Waals surface area contributed by atoms with Gasteiger partial charge in [0, 0.05) is 5.41 Å². The standard InChI is InChI=1S/C22H26N10O10P2S2/c23-16-9-17(26-4-25-16)31(5-27-9)11-7-1-22(7)3-40-43(36,37)41-14-12(33)8(2-39-44(38,45)42-15(22)13(11)34)46-20(14)32-6-28-10-18(32)29-21(24)30-19(10)35/h4-8,11-15,20,33-34H,1-3H2,(H,36,37)(H,38,45)(H2,23,25,26)(H3,24,29,30,35)/t7?,8-,11-,12-,13+,14-,15+,20-,22+,44?/m1/s1. The number of hydrogen-bond acceptors (Lipinski definition) is 17. The molecule has 8 rings (SSSR count). The maximum absolute atomic E-state index is 13.5. The number of aromatic nitrogens is 8. The van der Waals surface area contributed by atoms with E-state index in [-0.39, 0.29) is 29.5 Å². The topological polar surface area (TPSA) is 294 Å². The van der Waals surface area contributed by atoms with Crippen LogP contribution in [0.1, 0.15) is 17.8 Å². The number of rotatable bonds is 2. The summed E-state index contributed by atoms with van der Waals surface area (Å²) >= 11 is 6.38. The van der Waals surface area contributed by atoms with Crippen LogP contribution in [-0.2, 0) is 34.5 Å². The van der Waals surface area contributed by atoms with Crippen molar-refractivity contribution in [3.05, 3.63) is 29.3 Å². The summed E-state index contributed by atoms with van der Waals surface area (Å²) in [6.07, 6.45) is -1.06. The molecule has 24 heteroatoms. The lowest BCUT2D eigenvalue weighted by Crippen LogP contribution is -2.38. The van der Waals surface area contributed by atoms with Crippen LogP contribution < -0.4 is 17.0 Å². The highest BCUT2D eigenvalue weighted by Crippen LogP contribution is 2.72. The number of aromatic amines is 1. The van der Waals surface area contributed by atoms with Gasteiger partial charge in [-0.1, -0.05) is 0 Å². The average molecular weight is 717 g/mol. The quantitative estimate of drug-likeness (QED) is 0.124. The van der Waals surface area contributed by atoms with E-state index in [2.05, 4.69) is 29.9 Å². The Bertz CT molecular complexity index is 2050. The Labute approximate surface area is 266 Å². The summed E-state index contributed by atoms with van der Waals surface area (Å²) in [6.45, 7) is -4.93. The summed E-state index contributed by atoms with van der Waals surface area (Å²) in [6, 6.07) is -0.717. The Kier molecular flexibility index (Phi) is 6.98. The second kappa shape index (κ2) is 10.5. The van der Waals surface area contributed by atoms with E-state index in [0.717, 1.165) is 11.8 Å². The Morgan fingerprint density at radius 2 is 1.80 bits per heavy atom. The van der Waals surface area contributed by atoms with Crippen LogP contribution in [0.15, 0.2) is 23.8 Å². The lowest BCUT2D eigenvalue weighted by Gasteiger charge is -2.31. The number of aliphatic hydroxyl groups is 2. The molecule has 2 bridgehead atoms. The van der Waals surface area contributed by atoms with Gasteiger partial charge in [0.25, 0.3) is 5.56 Å². The molecular weight excluding hydrogens is 690 g/mol. The predicted molar refractivity (Wildman–Crippen MR) is 162 cm³/mol. The maximum Gasteiger partial charge on any atom is 0.472 e. The van der Waals surface area contributed by atoms with Crippen LogP contribution in [0.3, 0.4) is 0 Å². The number of fused-ring (bicyclic) bond motifs is 4. The summed E-state index contributed by atoms with van der Waals surface area (Å²) in [5.74, 6) is -0.455. The molecule has 1 spiro atoms. The largest absolute Gasteiger partial charge is 0.472 e. The number of nitrogens with one attached hydrogen (secondary N) is 1. The Morgan fingerprint density at radius 1 is 1.04 bits per heavy atom. The van der Waals surface area contributed by atoms with Gasteiger partial charge >= 0.3 is 14.5 Å². The molecule has 2 saturated carbocycles. The predicted octanol–water partition coefficient (Wildman–Crippen LogP) is -0.845. The minimum atomic E-state index is -4.93. The molecule has 0 aromatic carbocycles. The molecule has 20 nitrogen and oxygen atoms in total. The van der Waals surface area contributed by atoms with Crippen LogP contribution in [0.2, 0.25) is 0 Å². The van der Waals surface area contributed by atoms with Crippen molar-refractivity contribution in [2.75, 3.05) is 24.7 Å². The van der Waals surface area contributed by atoms with Crippen molar-refractivity contribution in [3.63, 3.8) is 0 Å². The molecule has 6 heterocycles. The summed E-state index contributed by atoms with van der Waals surface area (Å²) in [5.41, 5.74) is 10.6. The van der Waals surface area contributed by atoms with E-state index < -0.39 is 79.1 Å².